The summed E-state index contributed by atoms with van der Waals surface area (Å²) in [6.07, 6.45) is -0.472. The lowest BCUT2D eigenvalue weighted by Gasteiger charge is -2.49. The second-order valence-electron chi connectivity index (χ2n) is 7.90. The highest BCUT2D eigenvalue weighted by Gasteiger charge is 2.43. The Morgan fingerprint density at radius 2 is 1.10 bits per heavy atom. The second kappa shape index (κ2) is 9.76. The Morgan fingerprint density at radius 1 is 0.700 bits per heavy atom. The number of hydrogen-bond acceptors (Lipinski definition) is 3. The lowest BCUT2D eigenvalue weighted by atomic mass is 9.75. The Balaban J connectivity index is 1.79. The van der Waals surface area contributed by atoms with Gasteiger partial charge < -0.3 is 5.11 Å². The van der Waals surface area contributed by atoms with Crippen LogP contribution in [0.25, 0.3) is 0 Å². The van der Waals surface area contributed by atoms with E-state index in [1.54, 1.807) is 0 Å². The molecule has 0 saturated carbocycles. The maximum absolute atomic E-state index is 9.98. The van der Waals surface area contributed by atoms with Crippen LogP contribution in [0.3, 0.4) is 0 Å². The SMILES string of the molecule is OC(CCl)CN1CCN(C(c2ccccc2)(c2ccccc2)c2ccccc2)CC1. The van der Waals surface area contributed by atoms with Crippen molar-refractivity contribution >= 4 is 11.6 Å². The normalized spacial score (nSPS) is 17.0. The molecule has 0 bridgehead atoms. The highest BCUT2D eigenvalue weighted by Crippen LogP contribution is 2.42. The fourth-order valence-electron chi connectivity index (χ4n) is 4.70. The van der Waals surface area contributed by atoms with Crippen LogP contribution < -0.4 is 0 Å². The minimum absolute atomic E-state index is 0.280. The van der Waals surface area contributed by atoms with E-state index in [1.165, 1.54) is 16.7 Å². The van der Waals surface area contributed by atoms with Crippen LogP contribution in [0.2, 0.25) is 0 Å². The minimum atomic E-state index is -0.472. The maximum Gasteiger partial charge on any atom is 0.0973 e. The molecule has 0 aliphatic carbocycles. The Bertz CT molecular complexity index is 799. The molecule has 1 fully saturated rings. The summed E-state index contributed by atoms with van der Waals surface area (Å²) in [6.45, 7) is 4.26. The Labute approximate surface area is 184 Å². The lowest BCUT2D eigenvalue weighted by Crippen LogP contribution is -2.57. The van der Waals surface area contributed by atoms with Gasteiger partial charge in [0.25, 0.3) is 0 Å². The van der Waals surface area contributed by atoms with Crippen LogP contribution in [0.4, 0.5) is 0 Å². The van der Waals surface area contributed by atoms with Gasteiger partial charge in [-0.05, 0) is 16.7 Å². The summed E-state index contributed by atoms with van der Waals surface area (Å²) < 4.78 is 0. The molecule has 0 radical (unpaired) electrons. The molecule has 30 heavy (non-hydrogen) atoms. The molecule has 1 saturated heterocycles. The molecule has 0 amide bonds. The van der Waals surface area contributed by atoms with E-state index in [4.69, 9.17) is 11.6 Å². The van der Waals surface area contributed by atoms with Gasteiger partial charge in [0, 0.05) is 38.6 Å². The van der Waals surface area contributed by atoms with Gasteiger partial charge in [0.2, 0.25) is 0 Å². The zero-order chi connectivity index (χ0) is 20.8. The van der Waals surface area contributed by atoms with E-state index in [0.717, 1.165) is 26.2 Å². The number of nitrogens with zero attached hydrogens (tertiary/aromatic N) is 2. The van der Waals surface area contributed by atoms with Gasteiger partial charge in [-0.25, -0.2) is 0 Å². The molecule has 1 unspecified atom stereocenters. The molecule has 1 heterocycles. The Morgan fingerprint density at radius 3 is 1.47 bits per heavy atom. The molecule has 3 aromatic carbocycles. The monoisotopic (exact) mass is 420 g/mol. The van der Waals surface area contributed by atoms with Crippen molar-refractivity contribution in [2.24, 2.45) is 0 Å². The van der Waals surface area contributed by atoms with Crippen molar-refractivity contribution in [3.05, 3.63) is 108 Å². The molecule has 1 aliphatic rings. The van der Waals surface area contributed by atoms with Gasteiger partial charge in [-0.2, -0.15) is 0 Å². The molecule has 1 atom stereocenters. The number of β-amino-alcohol motifs (C(OH)–C–C–N with tert-alkyl or cyclic N) is 1. The van der Waals surface area contributed by atoms with Gasteiger partial charge in [-0.3, -0.25) is 9.80 Å². The smallest absolute Gasteiger partial charge is 0.0973 e. The summed E-state index contributed by atoms with van der Waals surface area (Å²) in [5.74, 6) is 0.280. The van der Waals surface area contributed by atoms with Crippen molar-refractivity contribution in [3.63, 3.8) is 0 Å². The molecule has 4 heteroatoms. The summed E-state index contributed by atoms with van der Waals surface area (Å²) in [7, 11) is 0. The average Bonchev–Trinajstić information content (AvgIpc) is 2.83. The van der Waals surface area contributed by atoms with E-state index in [1.807, 2.05) is 0 Å². The number of halogens is 1. The predicted molar refractivity (Wildman–Crippen MR) is 124 cm³/mol. The molecule has 3 nitrogen and oxygen atoms in total. The molecule has 3 aromatic rings. The van der Waals surface area contributed by atoms with Gasteiger partial charge >= 0.3 is 0 Å². The second-order valence-corrected chi connectivity index (χ2v) is 8.21. The summed E-state index contributed by atoms with van der Waals surface area (Å²) >= 11 is 5.83. The highest BCUT2D eigenvalue weighted by molar-refractivity contribution is 6.18. The number of aliphatic hydroxyl groups is 1. The van der Waals surface area contributed by atoms with Crippen LogP contribution in [0.15, 0.2) is 91.0 Å². The van der Waals surface area contributed by atoms with Gasteiger partial charge in [-0.15, -0.1) is 11.6 Å². The number of hydrogen-bond donors (Lipinski definition) is 1. The van der Waals surface area contributed by atoms with Gasteiger partial charge in [0.15, 0.2) is 0 Å². The first kappa shape index (κ1) is 21.1. The number of rotatable bonds is 7. The first-order valence-corrected chi connectivity index (χ1v) is 11.2. The van der Waals surface area contributed by atoms with Crippen molar-refractivity contribution < 1.29 is 5.11 Å². The van der Waals surface area contributed by atoms with Crippen LogP contribution in [-0.4, -0.2) is 59.6 Å². The zero-order valence-electron chi connectivity index (χ0n) is 17.2. The Hall–Kier alpha value is -2.17. The topological polar surface area (TPSA) is 26.7 Å². The molecule has 0 spiro atoms. The van der Waals surface area contributed by atoms with Crippen LogP contribution in [0.1, 0.15) is 16.7 Å². The van der Waals surface area contributed by atoms with E-state index < -0.39 is 6.10 Å². The van der Waals surface area contributed by atoms with Gasteiger partial charge in [0.05, 0.1) is 11.6 Å². The van der Waals surface area contributed by atoms with Crippen molar-refractivity contribution in [1.29, 1.82) is 0 Å². The molecule has 156 valence electrons. The molecule has 1 aliphatic heterocycles. The van der Waals surface area contributed by atoms with Crippen LogP contribution in [0, 0.1) is 0 Å². The van der Waals surface area contributed by atoms with Crippen LogP contribution >= 0.6 is 11.6 Å². The number of aliphatic hydroxyl groups excluding tert-OH is 1. The van der Waals surface area contributed by atoms with Crippen molar-refractivity contribution in [2.45, 2.75) is 11.6 Å². The van der Waals surface area contributed by atoms with Crippen LogP contribution in [0.5, 0.6) is 0 Å². The predicted octanol–water partition coefficient (Wildman–Crippen LogP) is 4.20. The fourth-order valence-corrected chi connectivity index (χ4v) is 4.80. The fraction of sp³-hybridized carbons (Fsp3) is 0.308. The average molecular weight is 421 g/mol. The molecule has 4 rings (SSSR count). The molecule has 1 N–H and O–H groups in total. The van der Waals surface area contributed by atoms with E-state index >= 15 is 0 Å². The third kappa shape index (κ3) is 4.17. The highest BCUT2D eigenvalue weighted by atomic mass is 35.5. The maximum atomic E-state index is 9.98. The van der Waals surface area contributed by atoms with E-state index in [9.17, 15) is 5.11 Å². The first-order valence-electron chi connectivity index (χ1n) is 10.6. The third-order valence-electron chi connectivity index (χ3n) is 6.07. The number of piperazine rings is 1. The molecule has 0 aromatic heterocycles. The van der Waals surface area contributed by atoms with Crippen LogP contribution in [-0.2, 0) is 5.54 Å². The molecular formula is C26H29ClN2O. The van der Waals surface area contributed by atoms with Crippen molar-refractivity contribution in [3.8, 4) is 0 Å². The largest absolute Gasteiger partial charge is 0.391 e. The Kier molecular flexibility index (Phi) is 6.86. The van der Waals surface area contributed by atoms with E-state index in [-0.39, 0.29) is 11.4 Å². The van der Waals surface area contributed by atoms with Gasteiger partial charge in [-0.1, -0.05) is 91.0 Å². The minimum Gasteiger partial charge on any atom is -0.391 e. The van der Waals surface area contributed by atoms with E-state index in [2.05, 4.69) is 101 Å². The third-order valence-corrected chi connectivity index (χ3v) is 6.42. The summed E-state index contributed by atoms with van der Waals surface area (Å²) in [6, 6.07) is 32.4. The van der Waals surface area contributed by atoms with Gasteiger partial charge in [0.1, 0.15) is 0 Å². The summed E-state index contributed by atoms with van der Waals surface area (Å²) in [5.41, 5.74) is 3.46. The lowest BCUT2D eigenvalue weighted by molar-refractivity contribution is 0.0484. The van der Waals surface area contributed by atoms with E-state index in [0.29, 0.717) is 6.54 Å². The van der Waals surface area contributed by atoms with Crippen molar-refractivity contribution in [2.75, 3.05) is 38.6 Å². The number of alkyl halides is 1. The summed E-state index contributed by atoms with van der Waals surface area (Å²) in [5, 5.41) is 9.98. The molecular weight excluding hydrogens is 392 g/mol. The number of benzene rings is 3. The first-order chi connectivity index (χ1) is 14.7. The summed E-state index contributed by atoms with van der Waals surface area (Å²) in [4.78, 5) is 4.91. The van der Waals surface area contributed by atoms with Crippen molar-refractivity contribution in [1.82, 2.24) is 9.80 Å². The zero-order valence-corrected chi connectivity index (χ0v) is 18.0. The standard InChI is InChI=1S/C26H29ClN2O/c27-20-25(30)21-28-16-18-29(19-17-28)26(22-10-4-1-5-11-22,23-12-6-2-7-13-23)24-14-8-3-9-15-24/h1-15,25,30H,16-21H2. The quantitative estimate of drug-likeness (QED) is 0.458.